The number of nitro groups is 1. The van der Waals surface area contributed by atoms with Crippen LogP contribution in [0.5, 0.6) is 0 Å². The Balaban J connectivity index is 2.51. The van der Waals surface area contributed by atoms with Crippen LogP contribution in [0.25, 0.3) is 0 Å². The molecule has 1 heterocycles. The average molecular weight is 394 g/mol. The Kier molecular flexibility index (Phi) is 4.41. The quantitative estimate of drug-likeness (QED) is 0.484. The van der Waals surface area contributed by atoms with Crippen LogP contribution in [0, 0.1) is 19.5 Å². The van der Waals surface area contributed by atoms with Crippen molar-refractivity contribution in [3.05, 3.63) is 31.6 Å². The topological polar surface area (TPSA) is 83.7 Å². The van der Waals surface area contributed by atoms with E-state index in [1.54, 1.807) is 22.6 Å². The predicted octanol–water partition coefficient (Wildman–Crippen LogP) is 2.78. The number of hydrogen-bond donors (Lipinski definition) is 1. The molecule has 0 amide bonds. The number of anilines is 1. The second kappa shape index (κ2) is 5.90. The third-order valence-corrected chi connectivity index (χ3v) is 4.14. The molecular formula is C12H12FIN2O4. The third-order valence-electron chi connectivity index (χ3n) is 3.31. The monoisotopic (exact) mass is 394 g/mol. The third kappa shape index (κ3) is 2.84. The fourth-order valence-electron chi connectivity index (χ4n) is 2.38. The lowest BCUT2D eigenvalue weighted by atomic mass is 10.0. The van der Waals surface area contributed by atoms with Gasteiger partial charge in [-0.15, -0.1) is 0 Å². The number of carboxylic acid groups (broad SMARTS) is 1. The molecule has 108 valence electrons. The number of piperidine rings is 1. The van der Waals surface area contributed by atoms with Gasteiger partial charge >= 0.3 is 5.97 Å². The summed E-state index contributed by atoms with van der Waals surface area (Å²) in [6, 6.07) is 1.35. The average Bonchev–Trinajstić information content (AvgIpc) is 2.41. The minimum atomic E-state index is -1.04. The highest BCUT2D eigenvalue weighted by Gasteiger charge is 2.33. The molecule has 1 fully saturated rings. The molecule has 1 aliphatic rings. The Bertz CT molecular complexity index is 567. The van der Waals surface area contributed by atoms with Crippen molar-refractivity contribution in [3.8, 4) is 0 Å². The van der Waals surface area contributed by atoms with Crippen molar-refractivity contribution in [1.82, 2.24) is 0 Å². The molecule has 0 aliphatic carbocycles. The van der Waals surface area contributed by atoms with Crippen LogP contribution in [0.2, 0.25) is 0 Å². The van der Waals surface area contributed by atoms with E-state index < -0.39 is 22.8 Å². The number of carbonyl (C=O) groups is 1. The SMILES string of the molecule is O=C(O)C1CCCCN1c1cc(F)c(I)cc1[N+](=O)[O-]. The van der Waals surface area contributed by atoms with Crippen molar-refractivity contribution >= 4 is 39.9 Å². The summed E-state index contributed by atoms with van der Waals surface area (Å²) < 4.78 is 13.8. The predicted molar refractivity (Wildman–Crippen MR) is 78.4 cm³/mol. The van der Waals surface area contributed by atoms with E-state index >= 15 is 0 Å². The number of nitrogens with zero attached hydrogens (tertiary/aromatic N) is 2. The largest absolute Gasteiger partial charge is 0.480 e. The fourth-order valence-corrected chi connectivity index (χ4v) is 2.83. The molecule has 0 saturated carbocycles. The Hall–Kier alpha value is -1.45. The van der Waals surface area contributed by atoms with Crippen molar-refractivity contribution in [1.29, 1.82) is 0 Å². The van der Waals surface area contributed by atoms with Gasteiger partial charge in [-0.2, -0.15) is 0 Å². The van der Waals surface area contributed by atoms with Gasteiger partial charge < -0.3 is 10.0 Å². The summed E-state index contributed by atoms with van der Waals surface area (Å²) in [7, 11) is 0. The molecule has 1 saturated heterocycles. The van der Waals surface area contributed by atoms with Crippen LogP contribution in [0.4, 0.5) is 15.8 Å². The lowest BCUT2D eigenvalue weighted by Crippen LogP contribution is -2.45. The zero-order valence-electron chi connectivity index (χ0n) is 10.4. The summed E-state index contributed by atoms with van der Waals surface area (Å²) >= 11 is 1.68. The lowest BCUT2D eigenvalue weighted by Gasteiger charge is -2.34. The Morgan fingerprint density at radius 3 is 2.80 bits per heavy atom. The van der Waals surface area contributed by atoms with Crippen LogP contribution in [-0.4, -0.2) is 28.6 Å². The van der Waals surface area contributed by atoms with Crippen molar-refractivity contribution < 1.29 is 19.2 Å². The minimum Gasteiger partial charge on any atom is -0.480 e. The molecule has 8 heteroatoms. The number of hydrogen-bond acceptors (Lipinski definition) is 4. The molecule has 1 aliphatic heterocycles. The normalized spacial score (nSPS) is 18.9. The van der Waals surface area contributed by atoms with Crippen molar-refractivity contribution in [2.24, 2.45) is 0 Å². The molecule has 6 nitrogen and oxygen atoms in total. The maximum Gasteiger partial charge on any atom is 0.326 e. The van der Waals surface area contributed by atoms with Gasteiger partial charge in [0.2, 0.25) is 0 Å². The first kappa shape index (κ1) is 14.9. The molecule has 0 radical (unpaired) electrons. The minimum absolute atomic E-state index is 0.0417. The van der Waals surface area contributed by atoms with Crippen molar-refractivity contribution in [3.63, 3.8) is 0 Å². The van der Waals surface area contributed by atoms with Gasteiger partial charge in [0.25, 0.3) is 5.69 Å². The molecular weight excluding hydrogens is 382 g/mol. The summed E-state index contributed by atoms with van der Waals surface area (Å²) in [5.74, 6) is -1.63. The lowest BCUT2D eigenvalue weighted by molar-refractivity contribution is -0.384. The van der Waals surface area contributed by atoms with Gasteiger partial charge in [-0.1, -0.05) is 0 Å². The maximum atomic E-state index is 13.7. The summed E-state index contributed by atoms with van der Waals surface area (Å²) in [6.07, 6.45) is 1.88. The second-order valence-corrected chi connectivity index (χ2v) is 5.72. The molecule has 1 aromatic rings. The van der Waals surface area contributed by atoms with Crippen LogP contribution in [0.15, 0.2) is 12.1 Å². The molecule has 1 unspecified atom stereocenters. The van der Waals surface area contributed by atoms with Crippen LogP contribution in [0.3, 0.4) is 0 Å². The van der Waals surface area contributed by atoms with Gasteiger partial charge in [0.1, 0.15) is 17.5 Å². The first-order valence-corrected chi connectivity index (χ1v) is 7.12. The molecule has 1 atom stereocenters. The van der Waals surface area contributed by atoms with Crippen molar-refractivity contribution in [2.75, 3.05) is 11.4 Å². The van der Waals surface area contributed by atoms with E-state index in [1.807, 2.05) is 0 Å². The van der Waals surface area contributed by atoms with E-state index in [-0.39, 0.29) is 14.9 Å². The van der Waals surface area contributed by atoms with Crippen LogP contribution in [-0.2, 0) is 4.79 Å². The van der Waals surface area contributed by atoms with Crippen LogP contribution < -0.4 is 4.90 Å². The molecule has 20 heavy (non-hydrogen) atoms. The van der Waals surface area contributed by atoms with E-state index in [2.05, 4.69) is 0 Å². The van der Waals surface area contributed by atoms with E-state index in [0.29, 0.717) is 13.0 Å². The number of benzene rings is 1. The van der Waals surface area contributed by atoms with Crippen LogP contribution in [0.1, 0.15) is 19.3 Å². The van der Waals surface area contributed by atoms with Gasteiger partial charge in [0.05, 0.1) is 8.49 Å². The van der Waals surface area contributed by atoms with Gasteiger partial charge in [-0.25, -0.2) is 9.18 Å². The number of nitro benzene ring substituents is 1. The zero-order valence-corrected chi connectivity index (χ0v) is 12.5. The first-order valence-electron chi connectivity index (χ1n) is 6.04. The fraction of sp³-hybridized carbons (Fsp3) is 0.417. The zero-order chi connectivity index (χ0) is 14.9. The van der Waals surface area contributed by atoms with Crippen LogP contribution >= 0.6 is 22.6 Å². The molecule has 0 bridgehead atoms. The second-order valence-electron chi connectivity index (χ2n) is 4.56. The first-order chi connectivity index (χ1) is 9.41. The number of carboxylic acids is 1. The van der Waals surface area contributed by atoms with E-state index in [1.165, 1.54) is 4.90 Å². The number of rotatable bonds is 3. The van der Waals surface area contributed by atoms with Gasteiger partial charge in [-0.3, -0.25) is 10.1 Å². The Morgan fingerprint density at radius 2 is 2.20 bits per heavy atom. The summed E-state index contributed by atoms with van der Waals surface area (Å²) in [6.45, 7) is 0.373. The van der Waals surface area contributed by atoms with E-state index in [9.17, 15) is 24.4 Å². The smallest absolute Gasteiger partial charge is 0.326 e. The number of halogens is 2. The molecule has 1 N–H and O–H groups in total. The summed E-state index contributed by atoms with van der Waals surface area (Å²) in [5.41, 5.74) is -0.219. The number of aliphatic carboxylic acids is 1. The molecule has 0 spiro atoms. The summed E-state index contributed by atoms with van der Waals surface area (Å²) in [4.78, 5) is 23.2. The van der Waals surface area contributed by atoms with Gasteiger partial charge in [0, 0.05) is 18.7 Å². The Morgan fingerprint density at radius 1 is 1.50 bits per heavy atom. The molecule has 0 aromatic heterocycles. The summed E-state index contributed by atoms with van der Waals surface area (Å²) in [5, 5.41) is 20.3. The highest BCUT2D eigenvalue weighted by atomic mass is 127. The van der Waals surface area contributed by atoms with E-state index in [4.69, 9.17) is 0 Å². The van der Waals surface area contributed by atoms with Gasteiger partial charge in [-0.05, 0) is 41.9 Å². The van der Waals surface area contributed by atoms with E-state index in [0.717, 1.165) is 25.0 Å². The maximum absolute atomic E-state index is 13.7. The van der Waals surface area contributed by atoms with Gasteiger partial charge in [0.15, 0.2) is 0 Å². The highest BCUT2D eigenvalue weighted by Crippen LogP contribution is 2.35. The molecule has 2 rings (SSSR count). The molecule has 1 aromatic carbocycles. The Labute approximate surface area is 127 Å². The highest BCUT2D eigenvalue weighted by molar-refractivity contribution is 14.1. The standard InChI is InChI=1S/C12H12FIN2O4/c13-7-5-10(11(16(19)20)6-8(7)14)15-4-2-1-3-9(15)12(17)18/h5-6,9H,1-4H2,(H,17,18). The van der Waals surface area contributed by atoms with Crippen molar-refractivity contribution in [2.45, 2.75) is 25.3 Å².